The Morgan fingerprint density at radius 3 is 0.810 bits per heavy atom. The predicted octanol–water partition coefficient (Wildman–Crippen LogP) is 12.3. The highest BCUT2D eigenvalue weighted by Crippen LogP contribution is 2.15. The topological polar surface area (TPSA) is 52.6 Å². The number of carbonyl (C=O) groups excluding carboxylic acids is 2. The summed E-state index contributed by atoms with van der Waals surface area (Å²) in [5.74, 6) is 1.15. The number of rotatable bonds is 33. The number of ether oxygens (including phenoxy) is 2. The van der Waals surface area contributed by atoms with Gasteiger partial charge in [-0.2, -0.15) is 0 Å². The van der Waals surface area contributed by atoms with Crippen molar-refractivity contribution in [3.63, 3.8) is 0 Å². The molecule has 0 aromatic rings. The lowest BCUT2D eigenvalue weighted by Crippen LogP contribution is -2.11. The maximum Gasteiger partial charge on any atom is 0.306 e. The van der Waals surface area contributed by atoms with Crippen LogP contribution in [0.3, 0.4) is 0 Å². The van der Waals surface area contributed by atoms with Gasteiger partial charge in [0.25, 0.3) is 0 Å². The third-order valence-electron chi connectivity index (χ3n) is 8.41. The van der Waals surface area contributed by atoms with Crippen molar-refractivity contribution in [3.8, 4) is 0 Å². The molecule has 0 bridgehead atoms. The van der Waals surface area contributed by atoms with Gasteiger partial charge in [-0.3, -0.25) is 9.59 Å². The third-order valence-corrected chi connectivity index (χ3v) is 8.41. The molecule has 0 amide bonds. The zero-order valence-electron chi connectivity index (χ0n) is 29.0. The second kappa shape index (κ2) is 32.8. The molecule has 4 heteroatoms. The molecule has 0 radical (unpaired) electrons. The molecular weight excluding hydrogens is 520 g/mol. The van der Waals surface area contributed by atoms with E-state index < -0.39 is 0 Å². The second-order valence-corrected chi connectivity index (χ2v) is 13.8. The molecule has 42 heavy (non-hydrogen) atoms. The molecular formula is C38H74O4. The van der Waals surface area contributed by atoms with Gasteiger partial charge >= 0.3 is 11.9 Å². The maximum absolute atomic E-state index is 11.9. The van der Waals surface area contributed by atoms with E-state index in [2.05, 4.69) is 27.7 Å². The summed E-state index contributed by atoms with van der Waals surface area (Å²) in [6.45, 7) is 10.2. The lowest BCUT2D eigenvalue weighted by molar-refractivity contribution is -0.150. The van der Waals surface area contributed by atoms with E-state index in [-0.39, 0.29) is 24.8 Å². The van der Waals surface area contributed by atoms with Crippen molar-refractivity contribution in [1.29, 1.82) is 0 Å². The van der Waals surface area contributed by atoms with Gasteiger partial charge in [0, 0.05) is 0 Å². The smallest absolute Gasteiger partial charge is 0.306 e. The number of hydrogen-bond acceptors (Lipinski definition) is 4. The maximum atomic E-state index is 11.9. The van der Waals surface area contributed by atoms with Crippen molar-refractivity contribution >= 4 is 11.9 Å². The summed E-state index contributed by atoms with van der Waals surface area (Å²) in [5, 5.41) is 0. The van der Waals surface area contributed by atoms with Crippen molar-refractivity contribution in [2.45, 2.75) is 207 Å². The standard InChI is InChI=1S/C38H74O4/c1-35(2)29-25-21-17-13-9-5-7-11-15-19-23-27-33-41-37(39)31-32-38(40)42-34-28-24-20-16-12-8-6-10-14-18-22-26-30-36(3)4/h35-36H,5-34H2,1-4H3. The molecule has 0 N–H and O–H groups in total. The molecule has 0 spiro atoms. The van der Waals surface area contributed by atoms with Crippen molar-refractivity contribution < 1.29 is 19.1 Å². The molecule has 0 fully saturated rings. The number of unbranched alkanes of at least 4 members (excludes halogenated alkanes) is 22. The summed E-state index contributed by atoms with van der Waals surface area (Å²) >= 11 is 0. The highest BCUT2D eigenvalue weighted by atomic mass is 16.5. The third kappa shape index (κ3) is 35.1. The molecule has 250 valence electrons. The van der Waals surface area contributed by atoms with Gasteiger partial charge in [0.2, 0.25) is 0 Å². The fraction of sp³-hybridized carbons (Fsp3) is 0.947. The van der Waals surface area contributed by atoms with Crippen LogP contribution in [0.2, 0.25) is 0 Å². The molecule has 0 aromatic heterocycles. The van der Waals surface area contributed by atoms with Gasteiger partial charge in [-0.15, -0.1) is 0 Å². The average Bonchev–Trinajstić information content (AvgIpc) is 2.95. The molecule has 0 unspecified atom stereocenters. The summed E-state index contributed by atoms with van der Waals surface area (Å²) in [7, 11) is 0. The van der Waals surface area contributed by atoms with Gasteiger partial charge in [0.1, 0.15) is 0 Å². The Labute approximate surface area is 263 Å². The van der Waals surface area contributed by atoms with E-state index in [9.17, 15) is 9.59 Å². The monoisotopic (exact) mass is 595 g/mol. The minimum Gasteiger partial charge on any atom is -0.466 e. The Morgan fingerprint density at radius 1 is 0.357 bits per heavy atom. The minimum atomic E-state index is -0.276. The van der Waals surface area contributed by atoms with Crippen LogP contribution in [-0.4, -0.2) is 25.2 Å². The fourth-order valence-corrected chi connectivity index (χ4v) is 5.57. The molecule has 0 heterocycles. The van der Waals surface area contributed by atoms with Crippen LogP contribution in [0, 0.1) is 11.8 Å². The molecule has 4 nitrogen and oxygen atoms in total. The van der Waals surface area contributed by atoms with Crippen LogP contribution < -0.4 is 0 Å². The van der Waals surface area contributed by atoms with Gasteiger partial charge in [-0.05, 0) is 24.7 Å². The molecule has 0 aromatic carbocycles. The minimum absolute atomic E-state index is 0.133. The zero-order chi connectivity index (χ0) is 30.9. The van der Waals surface area contributed by atoms with Gasteiger partial charge in [-0.1, -0.05) is 182 Å². The zero-order valence-corrected chi connectivity index (χ0v) is 29.0. The summed E-state index contributed by atoms with van der Waals surface area (Å²) in [5.41, 5.74) is 0. The Balaban J connectivity index is 3.28. The lowest BCUT2D eigenvalue weighted by Gasteiger charge is -2.07. The second-order valence-electron chi connectivity index (χ2n) is 13.8. The van der Waals surface area contributed by atoms with E-state index in [0.29, 0.717) is 13.2 Å². The van der Waals surface area contributed by atoms with E-state index >= 15 is 0 Å². The first-order chi connectivity index (χ1) is 20.4. The SMILES string of the molecule is CC(C)CCCCCCCCCCCCCCOC(=O)CCC(=O)OCCCCCCCCCCCCCCC(C)C. The molecule has 0 aliphatic carbocycles. The van der Waals surface area contributed by atoms with E-state index in [1.807, 2.05) is 0 Å². The number of hydrogen-bond donors (Lipinski definition) is 0. The first-order valence-corrected chi connectivity index (χ1v) is 18.7. The van der Waals surface area contributed by atoms with E-state index in [0.717, 1.165) is 37.5 Å². The molecule has 0 rings (SSSR count). The number of carbonyl (C=O) groups is 2. The molecule has 0 atom stereocenters. The van der Waals surface area contributed by atoms with Crippen LogP contribution in [0.15, 0.2) is 0 Å². The van der Waals surface area contributed by atoms with E-state index in [4.69, 9.17) is 9.47 Å². The quantitative estimate of drug-likeness (QED) is 0.0560. The molecule has 0 aliphatic rings. The first-order valence-electron chi connectivity index (χ1n) is 18.7. The molecule has 0 saturated carbocycles. The lowest BCUT2D eigenvalue weighted by atomic mass is 10.0. The van der Waals surface area contributed by atoms with Gasteiger partial charge < -0.3 is 9.47 Å². The number of esters is 2. The Morgan fingerprint density at radius 2 is 0.571 bits per heavy atom. The van der Waals surface area contributed by atoms with Crippen molar-refractivity contribution in [3.05, 3.63) is 0 Å². The van der Waals surface area contributed by atoms with Crippen LogP contribution in [0.25, 0.3) is 0 Å². The Bertz CT molecular complexity index is 521. The highest BCUT2D eigenvalue weighted by molar-refractivity contribution is 5.77. The Kier molecular flexibility index (Phi) is 32.0. The van der Waals surface area contributed by atoms with E-state index in [1.54, 1.807) is 0 Å². The van der Waals surface area contributed by atoms with Crippen molar-refractivity contribution in [2.24, 2.45) is 11.8 Å². The van der Waals surface area contributed by atoms with Crippen LogP contribution in [0.4, 0.5) is 0 Å². The summed E-state index contributed by atoms with van der Waals surface area (Å²) < 4.78 is 10.6. The van der Waals surface area contributed by atoms with Gasteiger partial charge in [0.15, 0.2) is 0 Å². The summed E-state index contributed by atoms with van der Waals surface area (Å²) in [6, 6.07) is 0. The van der Waals surface area contributed by atoms with Gasteiger partial charge in [0.05, 0.1) is 26.1 Å². The normalized spacial score (nSPS) is 11.5. The van der Waals surface area contributed by atoms with E-state index in [1.165, 1.54) is 141 Å². The Hall–Kier alpha value is -1.06. The highest BCUT2D eigenvalue weighted by Gasteiger charge is 2.09. The first kappa shape index (κ1) is 40.9. The average molecular weight is 595 g/mol. The largest absolute Gasteiger partial charge is 0.466 e. The summed E-state index contributed by atoms with van der Waals surface area (Å²) in [4.78, 5) is 23.8. The molecule has 0 saturated heterocycles. The van der Waals surface area contributed by atoms with Crippen LogP contribution in [-0.2, 0) is 19.1 Å². The van der Waals surface area contributed by atoms with Gasteiger partial charge in [-0.25, -0.2) is 0 Å². The predicted molar refractivity (Wildman–Crippen MR) is 181 cm³/mol. The van der Waals surface area contributed by atoms with Crippen molar-refractivity contribution in [1.82, 2.24) is 0 Å². The van der Waals surface area contributed by atoms with Crippen LogP contribution in [0.1, 0.15) is 207 Å². The molecule has 0 aliphatic heterocycles. The fourth-order valence-electron chi connectivity index (χ4n) is 5.57. The van der Waals surface area contributed by atoms with Crippen LogP contribution in [0.5, 0.6) is 0 Å². The summed E-state index contributed by atoms with van der Waals surface area (Å²) in [6.07, 6.45) is 34.3. The van der Waals surface area contributed by atoms with Crippen LogP contribution >= 0.6 is 0 Å². The van der Waals surface area contributed by atoms with Crippen molar-refractivity contribution in [2.75, 3.05) is 13.2 Å².